The summed E-state index contributed by atoms with van der Waals surface area (Å²) in [6, 6.07) is 5.86. The number of fused-ring (bicyclic) bond motifs is 1. The van der Waals surface area contributed by atoms with E-state index in [9.17, 15) is 13.6 Å². The van der Waals surface area contributed by atoms with Crippen LogP contribution in [0.4, 0.5) is 8.78 Å². The SMILES string of the molecule is C=C1C[N+]2(C)CC(=O)O[B-]2(c2cccc(C(F)F)c2)O1. The minimum atomic E-state index is -2.58. The van der Waals surface area contributed by atoms with E-state index in [2.05, 4.69) is 6.58 Å². The molecule has 1 aromatic rings. The van der Waals surface area contributed by atoms with Crippen LogP contribution >= 0.6 is 0 Å². The molecule has 0 spiro atoms. The zero-order valence-electron chi connectivity index (χ0n) is 11.0. The lowest BCUT2D eigenvalue weighted by molar-refractivity contribution is -0.793. The Morgan fingerprint density at radius 1 is 1.35 bits per heavy atom. The Kier molecular flexibility index (Phi) is 2.66. The van der Waals surface area contributed by atoms with E-state index >= 15 is 0 Å². The number of carbonyl (C=O) groups is 1. The molecule has 0 bridgehead atoms. The first kappa shape index (κ1) is 13.1. The second kappa shape index (κ2) is 4.05. The normalized spacial score (nSPS) is 32.2. The van der Waals surface area contributed by atoms with Crippen molar-refractivity contribution in [3.8, 4) is 0 Å². The van der Waals surface area contributed by atoms with E-state index in [0.717, 1.165) is 0 Å². The van der Waals surface area contributed by atoms with Crippen molar-refractivity contribution in [1.29, 1.82) is 0 Å². The van der Waals surface area contributed by atoms with Gasteiger partial charge in [-0.15, -0.1) is 0 Å². The van der Waals surface area contributed by atoms with Gasteiger partial charge in [-0.1, -0.05) is 30.8 Å². The number of likely N-dealkylation sites (N-methyl/N-ethyl adjacent to an activating group) is 1. The molecule has 7 heteroatoms. The topological polar surface area (TPSA) is 35.5 Å². The summed E-state index contributed by atoms with van der Waals surface area (Å²) in [5.74, 6) is 0.116. The highest BCUT2D eigenvalue weighted by Crippen LogP contribution is 2.37. The summed E-state index contributed by atoms with van der Waals surface area (Å²) in [6.07, 6.45) is -2.58. The minimum absolute atomic E-state index is 0.116. The zero-order chi connectivity index (χ0) is 14.5. The lowest BCUT2D eigenvalue weighted by Crippen LogP contribution is -2.67. The van der Waals surface area contributed by atoms with Crippen molar-refractivity contribution in [2.24, 2.45) is 0 Å². The van der Waals surface area contributed by atoms with Gasteiger partial charge in [0.15, 0.2) is 0 Å². The van der Waals surface area contributed by atoms with Gasteiger partial charge in [0.05, 0.1) is 12.3 Å². The van der Waals surface area contributed by atoms with Crippen LogP contribution < -0.4 is 5.46 Å². The van der Waals surface area contributed by atoms with Crippen LogP contribution in [0.2, 0.25) is 0 Å². The van der Waals surface area contributed by atoms with E-state index < -0.39 is 13.1 Å². The highest BCUT2D eigenvalue weighted by atomic mass is 19.3. The van der Waals surface area contributed by atoms with Gasteiger partial charge in [0.25, 0.3) is 6.43 Å². The number of nitrogens with zero attached hydrogens (tertiary/aromatic N) is 1. The third-order valence-corrected chi connectivity index (χ3v) is 4.05. The fourth-order valence-electron chi connectivity index (χ4n) is 3.17. The van der Waals surface area contributed by atoms with Crippen LogP contribution in [0.5, 0.6) is 0 Å². The molecule has 20 heavy (non-hydrogen) atoms. The van der Waals surface area contributed by atoms with E-state index in [4.69, 9.17) is 9.31 Å². The predicted molar refractivity (Wildman–Crippen MR) is 69.0 cm³/mol. The van der Waals surface area contributed by atoms with Gasteiger partial charge in [-0.3, -0.25) is 4.79 Å². The molecule has 0 aromatic heterocycles. The summed E-state index contributed by atoms with van der Waals surface area (Å²) in [7, 11) is 1.82. The Morgan fingerprint density at radius 2 is 2.10 bits per heavy atom. The van der Waals surface area contributed by atoms with Crippen molar-refractivity contribution in [2.45, 2.75) is 6.43 Å². The number of carbonyl (C=O) groups excluding carboxylic acids is 1. The molecule has 2 atom stereocenters. The van der Waals surface area contributed by atoms with E-state index in [-0.39, 0.29) is 22.5 Å². The lowest BCUT2D eigenvalue weighted by Gasteiger charge is -2.40. The highest BCUT2D eigenvalue weighted by molar-refractivity contribution is 6.77. The maximum Gasteiger partial charge on any atom is 0.612 e. The number of quaternary nitrogens is 1. The van der Waals surface area contributed by atoms with Crippen molar-refractivity contribution in [2.75, 3.05) is 20.1 Å². The quantitative estimate of drug-likeness (QED) is 0.767. The monoisotopic (exact) mass is 281 g/mol. The van der Waals surface area contributed by atoms with Crippen molar-refractivity contribution in [3.05, 3.63) is 42.2 Å². The second-order valence-corrected chi connectivity index (χ2v) is 5.58. The van der Waals surface area contributed by atoms with Crippen LogP contribution in [0.1, 0.15) is 12.0 Å². The van der Waals surface area contributed by atoms with E-state index in [1.54, 1.807) is 6.07 Å². The van der Waals surface area contributed by atoms with Gasteiger partial charge >= 0.3 is 12.7 Å². The third-order valence-electron chi connectivity index (χ3n) is 4.05. The average Bonchev–Trinajstić information content (AvgIpc) is 2.73. The molecule has 0 aliphatic carbocycles. The Morgan fingerprint density at radius 3 is 2.80 bits per heavy atom. The molecule has 0 amide bonds. The van der Waals surface area contributed by atoms with Crippen LogP contribution in [0, 0.1) is 0 Å². The average molecular weight is 281 g/mol. The fourth-order valence-corrected chi connectivity index (χ4v) is 3.17. The third kappa shape index (κ3) is 1.66. The minimum Gasteiger partial charge on any atom is -0.626 e. The van der Waals surface area contributed by atoms with Crippen LogP contribution in [0.25, 0.3) is 0 Å². The van der Waals surface area contributed by atoms with Gasteiger partial charge in [-0.25, -0.2) is 8.78 Å². The molecule has 0 radical (unpaired) electrons. The maximum absolute atomic E-state index is 12.9. The molecular formula is C13H14BF2NO3. The number of rotatable bonds is 2. The first-order valence-corrected chi connectivity index (χ1v) is 6.32. The molecule has 2 heterocycles. The Bertz CT molecular complexity index is 585. The number of halogens is 2. The van der Waals surface area contributed by atoms with Crippen LogP contribution in [0.15, 0.2) is 36.6 Å². The molecule has 0 saturated carbocycles. The van der Waals surface area contributed by atoms with Crippen molar-refractivity contribution >= 4 is 18.1 Å². The largest absolute Gasteiger partial charge is 0.626 e. The van der Waals surface area contributed by atoms with Crippen molar-refractivity contribution < 1.29 is 27.3 Å². The summed E-state index contributed by atoms with van der Waals surface area (Å²) < 4.78 is 37.1. The molecule has 2 saturated heterocycles. The fraction of sp³-hybridized carbons (Fsp3) is 0.308. The zero-order valence-corrected chi connectivity index (χ0v) is 11.0. The van der Waals surface area contributed by atoms with Gasteiger partial charge < -0.3 is 13.7 Å². The van der Waals surface area contributed by atoms with Gasteiger partial charge in [-0.2, -0.15) is 0 Å². The van der Waals surface area contributed by atoms with Crippen molar-refractivity contribution in [1.82, 2.24) is 0 Å². The molecular weight excluding hydrogens is 267 g/mol. The molecule has 2 fully saturated rings. The number of hydrogen-bond acceptors (Lipinski definition) is 3. The molecule has 1 aromatic carbocycles. The van der Waals surface area contributed by atoms with Crippen LogP contribution in [-0.2, 0) is 14.1 Å². The Hall–Kier alpha value is -1.89. The first-order chi connectivity index (χ1) is 9.36. The highest BCUT2D eigenvalue weighted by Gasteiger charge is 2.64. The molecule has 2 aliphatic rings. The van der Waals surface area contributed by atoms with Crippen LogP contribution in [0.3, 0.4) is 0 Å². The lowest BCUT2D eigenvalue weighted by atomic mass is 9.61. The van der Waals surface area contributed by atoms with Crippen molar-refractivity contribution in [3.63, 3.8) is 0 Å². The molecule has 3 rings (SSSR count). The smallest absolute Gasteiger partial charge is 0.612 e. The van der Waals surface area contributed by atoms with Gasteiger partial charge in [0.1, 0.15) is 6.54 Å². The summed E-state index contributed by atoms with van der Waals surface area (Å²) in [5, 5.41) is 0. The van der Waals surface area contributed by atoms with Gasteiger partial charge in [-0.05, 0) is 5.46 Å². The summed E-state index contributed by atoms with van der Waals surface area (Å²) in [6.45, 7) is 2.18. The molecule has 2 unspecified atom stereocenters. The summed E-state index contributed by atoms with van der Waals surface area (Å²) in [4.78, 5) is 11.7. The molecule has 2 aliphatic heterocycles. The first-order valence-electron chi connectivity index (χ1n) is 6.32. The molecule has 4 nitrogen and oxygen atoms in total. The number of alkyl halides is 2. The maximum atomic E-state index is 12.9. The standard InChI is InChI=1S/C13H14BF2NO3/c1-9-7-17(2)8-12(18)20-14(17,19-9)11-5-3-4-10(6-11)13(15)16/h3-6,13H,1,7-8H2,2H3. The molecule has 0 N–H and O–H groups in total. The predicted octanol–water partition coefficient (Wildman–Crippen LogP) is 1.32. The summed E-state index contributed by atoms with van der Waals surface area (Å²) in [5.41, 5.74) is 0.351. The second-order valence-electron chi connectivity index (χ2n) is 5.58. The van der Waals surface area contributed by atoms with Crippen LogP contribution in [-0.4, -0.2) is 37.2 Å². The number of benzene rings is 1. The Balaban J connectivity index is 2.13. The van der Waals surface area contributed by atoms with E-state index in [1.165, 1.54) is 18.2 Å². The molecule has 106 valence electrons. The Labute approximate surface area is 115 Å². The van der Waals surface area contributed by atoms with E-state index in [1.807, 2.05) is 7.05 Å². The number of hydrogen-bond donors (Lipinski definition) is 0. The summed E-state index contributed by atoms with van der Waals surface area (Å²) >= 11 is 0. The van der Waals surface area contributed by atoms with E-state index in [0.29, 0.717) is 17.8 Å². The van der Waals surface area contributed by atoms with Gasteiger partial charge in [0, 0.05) is 12.6 Å². The van der Waals surface area contributed by atoms with Gasteiger partial charge in [0.2, 0.25) is 0 Å².